The first-order valence-electron chi connectivity index (χ1n) is 5.03. The van der Waals surface area contributed by atoms with Crippen molar-refractivity contribution in [3.63, 3.8) is 0 Å². The summed E-state index contributed by atoms with van der Waals surface area (Å²) in [6, 6.07) is 0. The summed E-state index contributed by atoms with van der Waals surface area (Å²) in [5, 5.41) is 37.0. The molecule has 16 heavy (non-hydrogen) atoms. The lowest BCUT2D eigenvalue weighted by Crippen LogP contribution is -2.60. The topological polar surface area (TPSA) is 116 Å². The molecule has 94 valence electrons. The van der Waals surface area contributed by atoms with E-state index in [9.17, 15) is 20.1 Å². The van der Waals surface area contributed by atoms with E-state index in [1.807, 2.05) is 6.92 Å². The van der Waals surface area contributed by atoms with Gasteiger partial charge in [-0.2, -0.15) is 0 Å². The largest absolute Gasteiger partial charge is 0.479 e. The first-order chi connectivity index (χ1) is 7.49. The second kappa shape index (κ2) is 5.55. The van der Waals surface area contributed by atoms with Gasteiger partial charge in [-0.3, -0.25) is 0 Å². The maximum Gasteiger partial charge on any atom is 0.335 e. The highest BCUT2D eigenvalue weighted by Crippen LogP contribution is 2.22. The van der Waals surface area contributed by atoms with Crippen molar-refractivity contribution in [2.75, 3.05) is 6.61 Å². The van der Waals surface area contributed by atoms with Crippen LogP contribution in [-0.4, -0.2) is 63.7 Å². The van der Waals surface area contributed by atoms with Crippen LogP contribution >= 0.6 is 0 Å². The molecule has 1 aliphatic rings. The maximum atomic E-state index is 10.7. The van der Waals surface area contributed by atoms with E-state index < -0.39 is 36.7 Å². The predicted octanol–water partition coefficient (Wildman–Crippen LogP) is -1.69. The van der Waals surface area contributed by atoms with Crippen molar-refractivity contribution in [1.29, 1.82) is 0 Å². The number of carboxylic acids is 1. The van der Waals surface area contributed by atoms with Crippen LogP contribution in [0.15, 0.2) is 0 Å². The molecule has 1 heterocycles. The molecular weight excluding hydrogens is 220 g/mol. The van der Waals surface area contributed by atoms with Gasteiger partial charge < -0.3 is 29.9 Å². The normalized spacial score (nSPS) is 39.6. The van der Waals surface area contributed by atoms with Crippen LogP contribution in [0, 0.1) is 0 Å². The molecule has 0 radical (unpaired) electrons. The Balaban J connectivity index is 2.69. The zero-order valence-corrected chi connectivity index (χ0v) is 8.81. The third kappa shape index (κ3) is 2.69. The molecule has 0 unspecified atom stereocenters. The summed E-state index contributed by atoms with van der Waals surface area (Å²) < 4.78 is 9.90. The average Bonchev–Trinajstić information content (AvgIpc) is 2.24. The fraction of sp³-hybridized carbons (Fsp3) is 0.889. The van der Waals surface area contributed by atoms with Gasteiger partial charge in [-0.25, -0.2) is 4.79 Å². The monoisotopic (exact) mass is 236 g/mol. The number of rotatable bonds is 4. The molecule has 0 spiro atoms. The second-order valence-electron chi connectivity index (χ2n) is 3.61. The molecule has 0 aromatic heterocycles. The number of hydrogen-bond acceptors (Lipinski definition) is 6. The Hall–Kier alpha value is -0.730. The third-order valence-electron chi connectivity index (χ3n) is 2.30. The zero-order chi connectivity index (χ0) is 12.3. The van der Waals surface area contributed by atoms with Gasteiger partial charge in [0.1, 0.15) is 18.3 Å². The molecule has 0 amide bonds. The summed E-state index contributed by atoms with van der Waals surface area (Å²) in [5.41, 5.74) is 0. The number of hydrogen-bond donors (Lipinski definition) is 4. The molecule has 1 rings (SSSR count). The molecule has 1 fully saturated rings. The van der Waals surface area contributed by atoms with E-state index in [0.29, 0.717) is 6.42 Å². The standard InChI is InChI=1S/C9H16O7/c1-2-3-15-9-6(12)4(10)5(11)7(16-9)8(13)14/h4-7,9-12H,2-3H2,1H3,(H,13,14)/t4-,5-,6+,7-,9+/m1/s1. The minimum Gasteiger partial charge on any atom is -0.479 e. The number of ether oxygens (including phenoxy) is 2. The molecule has 0 aromatic rings. The third-order valence-corrected chi connectivity index (χ3v) is 2.30. The molecule has 4 N–H and O–H groups in total. The number of carboxylic acid groups (broad SMARTS) is 1. The van der Waals surface area contributed by atoms with E-state index in [1.165, 1.54) is 0 Å². The number of aliphatic carboxylic acids is 1. The lowest BCUT2D eigenvalue weighted by molar-refractivity contribution is -0.293. The number of carbonyl (C=O) groups is 1. The lowest BCUT2D eigenvalue weighted by atomic mass is 9.99. The van der Waals surface area contributed by atoms with Gasteiger partial charge in [-0.05, 0) is 6.42 Å². The van der Waals surface area contributed by atoms with E-state index in [2.05, 4.69) is 0 Å². The highest BCUT2D eigenvalue weighted by Gasteiger charge is 2.47. The summed E-state index contributed by atoms with van der Waals surface area (Å²) in [5.74, 6) is -1.41. The van der Waals surface area contributed by atoms with Gasteiger partial charge in [0.25, 0.3) is 0 Å². The predicted molar refractivity (Wildman–Crippen MR) is 50.6 cm³/mol. The second-order valence-corrected chi connectivity index (χ2v) is 3.61. The van der Waals surface area contributed by atoms with Gasteiger partial charge in [-0.1, -0.05) is 6.92 Å². The smallest absolute Gasteiger partial charge is 0.335 e. The Morgan fingerprint density at radius 3 is 2.38 bits per heavy atom. The molecule has 7 heteroatoms. The summed E-state index contributed by atoms with van der Waals surface area (Å²) in [7, 11) is 0. The van der Waals surface area contributed by atoms with Crippen molar-refractivity contribution in [3.05, 3.63) is 0 Å². The van der Waals surface area contributed by atoms with Gasteiger partial charge in [0, 0.05) is 6.61 Å². The van der Waals surface area contributed by atoms with Crippen LogP contribution in [0.5, 0.6) is 0 Å². The summed E-state index contributed by atoms with van der Waals surface area (Å²) in [6.45, 7) is 2.09. The van der Waals surface area contributed by atoms with E-state index in [4.69, 9.17) is 14.6 Å². The maximum absolute atomic E-state index is 10.7. The summed E-state index contributed by atoms with van der Waals surface area (Å²) in [4.78, 5) is 10.7. The van der Waals surface area contributed by atoms with Crippen molar-refractivity contribution in [1.82, 2.24) is 0 Å². The van der Waals surface area contributed by atoms with E-state index >= 15 is 0 Å². The fourth-order valence-electron chi connectivity index (χ4n) is 1.42. The van der Waals surface area contributed by atoms with E-state index in [1.54, 1.807) is 0 Å². The first kappa shape index (κ1) is 13.3. The molecule has 0 saturated carbocycles. The van der Waals surface area contributed by atoms with Gasteiger partial charge in [0.2, 0.25) is 0 Å². The molecule has 1 aliphatic heterocycles. The highest BCUT2D eigenvalue weighted by molar-refractivity contribution is 5.73. The van der Waals surface area contributed by atoms with Crippen molar-refractivity contribution < 1.29 is 34.7 Å². The quantitative estimate of drug-likeness (QED) is 0.460. The molecule has 1 saturated heterocycles. The van der Waals surface area contributed by atoms with Gasteiger partial charge >= 0.3 is 5.97 Å². The minimum atomic E-state index is -1.67. The van der Waals surface area contributed by atoms with Crippen LogP contribution in [-0.2, 0) is 14.3 Å². The van der Waals surface area contributed by atoms with Gasteiger partial charge in [0.15, 0.2) is 12.4 Å². The van der Waals surface area contributed by atoms with Crippen molar-refractivity contribution in [2.24, 2.45) is 0 Å². The molecule has 0 aromatic carbocycles. The van der Waals surface area contributed by atoms with Crippen molar-refractivity contribution in [2.45, 2.75) is 44.1 Å². The average molecular weight is 236 g/mol. The Labute approximate surface area is 92.2 Å². The van der Waals surface area contributed by atoms with Crippen molar-refractivity contribution in [3.8, 4) is 0 Å². The van der Waals surface area contributed by atoms with Crippen LogP contribution in [0.4, 0.5) is 0 Å². The number of aliphatic hydroxyl groups is 3. The fourth-order valence-corrected chi connectivity index (χ4v) is 1.42. The van der Waals surface area contributed by atoms with E-state index in [-0.39, 0.29) is 6.61 Å². The molecule has 7 nitrogen and oxygen atoms in total. The number of aliphatic hydroxyl groups excluding tert-OH is 3. The van der Waals surface area contributed by atoms with E-state index in [0.717, 1.165) is 0 Å². The molecule has 5 atom stereocenters. The van der Waals surface area contributed by atoms with Crippen molar-refractivity contribution >= 4 is 5.97 Å². The Kier molecular flexibility index (Phi) is 4.63. The lowest BCUT2D eigenvalue weighted by Gasteiger charge is -2.38. The Morgan fingerprint density at radius 2 is 1.88 bits per heavy atom. The van der Waals surface area contributed by atoms with Gasteiger partial charge in [-0.15, -0.1) is 0 Å². The highest BCUT2D eigenvalue weighted by atomic mass is 16.7. The Bertz CT molecular complexity index is 244. The van der Waals surface area contributed by atoms with Crippen LogP contribution in [0.25, 0.3) is 0 Å². The molecule has 0 bridgehead atoms. The molecular formula is C9H16O7. The first-order valence-corrected chi connectivity index (χ1v) is 5.03. The summed E-state index contributed by atoms with van der Waals surface area (Å²) >= 11 is 0. The van der Waals surface area contributed by atoms with Crippen LogP contribution in [0.3, 0.4) is 0 Å². The van der Waals surface area contributed by atoms with Crippen LogP contribution < -0.4 is 0 Å². The van der Waals surface area contributed by atoms with Crippen LogP contribution in [0.2, 0.25) is 0 Å². The SMILES string of the molecule is CCCO[C@H]1O[C@@H](C(=O)O)[C@H](O)[C@@H](O)[C@@H]1O. The Morgan fingerprint density at radius 1 is 1.25 bits per heavy atom. The zero-order valence-electron chi connectivity index (χ0n) is 8.81. The molecule has 0 aliphatic carbocycles. The minimum absolute atomic E-state index is 0.261. The van der Waals surface area contributed by atoms with Gasteiger partial charge in [0.05, 0.1) is 0 Å². The van der Waals surface area contributed by atoms with Crippen LogP contribution in [0.1, 0.15) is 13.3 Å². The summed E-state index contributed by atoms with van der Waals surface area (Å²) in [6.07, 6.45) is -6.91.